The van der Waals surface area contributed by atoms with Gasteiger partial charge in [-0.15, -0.1) is 0 Å². The molecule has 0 spiro atoms. The summed E-state index contributed by atoms with van der Waals surface area (Å²) in [5.41, 5.74) is 1.29. The maximum absolute atomic E-state index is 13.3. The molecule has 3 rings (SSSR count). The summed E-state index contributed by atoms with van der Waals surface area (Å²) < 4.78 is 24.4. The second-order valence-corrected chi connectivity index (χ2v) is 7.56. The smallest absolute Gasteiger partial charge is 0.191 e. The Balaban J connectivity index is 1.43. The fourth-order valence-corrected chi connectivity index (χ4v) is 4.07. The van der Waals surface area contributed by atoms with Gasteiger partial charge in [0.25, 0.3) is 0 Å². The van der Waals surface area contributed by atoms with E-state index in [4.69, 9.17) is 9.47 Å². The zero-order valence-corrected chi connectivity index (χ0v) is 16.3. The molecule has 1 atom stereocenters. The Kier molecular flexibility index (Phi) is 7.47. The summed E-state index contributed by atoms with van der Waals surface area (Å²) in [5, 5.41) is 6.85. The standard InChI is InChI=1S/C21H32FN3O2/c1-23-20(24-12-4-13-27-19-9-14-26-15-19)25-16-21(10-2-3-11-21)17-5-7-18(22)8-6-17/h5-8,19H,2-4,9-16H2,1H3,(H2,23,24,25). The summed E-state index contributed by atoms with van der Waals surface area (Å²) in [6.45, 7) is 3.90. The van der Waals surface area contributed by atoms with Gasteiger partial charge < -0.3 is 20.1 Å². The molecule has 1 aromatic rings. The second-order valence-electron chi connectivity index (χ2n) is 7.56. The molecule has 0 amide bonds. The minimum absolute atomic E-state index is 0.0664. The number of aliphatic imine (C=N–C) groups is 1. The lowest BCUT2D eigenvalue weighted by Gasteiger charge is -2.31. The highest BCUT2D eigenvalue weighted by atomic mass is 19.1. The molecule has 2 fully saturated rings. The highest BCUT2D eigenvalue weighted by Crippen LogP contribution is 2.40. The molecule has 5 nitrogen and oxygen atoms in total. The fourth-order valence-electron chi connectivity index (χ4n) is 4.07. The van der Waals surface area contributed by atoms with Gasteiger partial charge in [-0.2, -0.15) is 0 Å². The molecule has 0 radical (unpaired) electrons. The zero-order valence-electron chi connectivity index (χ0n) is 16.3. The molecule has 150 valence electrons. The molecule has 1 aliphatic carbocycles. The van der Waals surface area contributed by atoms with Crippen molar-refractivity contribution in [3.63, 3.8) is 0 Å². The van der Waals surface area contributed by atoms with Crippen LogP contribution in [0, 0.1) is 5.82 Å². The second kappa shape index (κ2) is 10.0. The van der Waals surface area contributed by atoms with Crippen molar-refractivity contribution in [3.05, 3.63) is 35.6 Å². The molecule has 1 saturated carbocycles. The van der Waals surface area contributed by atoms with E-state index in [0.29, 0.717) is 0 Å². The number of nitrogens with one attached hydrogen (secondary N) is 2. The first-order valence-electron chi connectivity index (χ1n) is 10.1. The van der Waals surface area contributed by atoms with E-state index in [1.807, 2.05) is 12.1 Å². The largest absolute Gasteiger partial charge is 0.379 e. The maximum atomic E-state index is 13.3. The molecule has 2 aliphatic rings. The highest BCUT2D eigenvalue weighted by Gasteiger charge is 2.35. The average molecular weight is 378 g/mol. The van der Waals surface area contributed by atoms with E-state index in [2.05, 4.69) is 15.6 Å². The fraction of sp³-hybridized carbons (Fsp3) is 0.667. The van der Waals surface area contributed by atoms with Crippen molar-refractivity contribution < 1.29 is 13.9 Å². The number of hydrogen-bond acceptors (Lipinski definition) is 3. The van der Waals surface area contributed by atoms with E-state index in [1.54, 1.807) is 19.2 Å². The third kappa shape index (κ3) is 5.66. The lowest BCUT2D eigenvalue weighted by molar-refractivity contribution is 0.0420. The van der Waals surface area contributed by atoms with Gasteiger partial charge in [0.15, 0.2) is 5.96 Å². The van der Waals surface area contributed by atoms with Crippen molar-refractivity contribution in [2.75, 3.05) is 40.0 Å². The van der Waals surface area contributed by atoms with Crippen LogP contribution in [0.1, 0.15) is 44.1 Å². The normalized spacial score (nSPS) is 22.1. The average Bonchev–Trinajstić information content (AvgIpc) is 3.37. The van der Waals surface area contributed by atoms with E-state index >= 15 is 0 Å². The lowest BCUT2D eigenvalue weighted by atomic mass is 9.79. The molecule has 2 N–H and O–H groups in total. The summed E-state index contributed by atoms with van der Waals surface area (Å²) in [7, 11) is 1.79. The summed E-state index contributed by atoms with van der Waals surface area (Å²) in [5.74, 6) is 0.635. The van der Waals surface area contributed by atoms with Crippen LogP contribution in [-0.4, -0.2) is 52.0 Å². The number of rotatable bonds is 8. The first-order valence-corrected chi connectivity index (χ1v) is 10.1. The summed E-state index contributed by atoms with van der Waals surface area (Å²) in [6, 6.07) is 7.00. The number of benzene rings is 1. The molecule has 0 bridgehead atoms. The Hall–Kier alpha value is -1.66. The van der Waals surface area contributed by atoms with E-state index < -0.39 is 0 Å². The minimum atomic E-state index is -0.177. The molecule has 0 aromatic heterocycles. The molecule has 27 heavy (non-hydrogen) atoms. The zero-order chi connectivity index (χ0) is 19.0. The van der Waals surface area contributed by atoms with Crippen LogP contribution in [0.5, 0.6) is 0 Å². The van der Waals surface area contributed by atoms with Crippen molar-refractivity contribution in [2.45, 2.75) is 50.0 Å². The van der Waals surface area contributed by atoms with Gasteiger partial charge >= 0.3 is 0 Å². The van der Waals surface area contributed by atoms with Crippen LogP contribution in [0.25, 0.3) is 0 Å². The minimum Gasteiger partial charge on any atom is -0.379 e. The molecule has 1 saturated heterocycles. The van der Waals surface area contributed by atoms with Crippen LogP contribution in [0.2, 0.25) is 0 Å². The van der Waals surface area contributed by atoms with Crippen molar-refractivity contribution in [3.8, 4) is 0 Å². The molecule has 1 unspecified atom stereocenters. The maximum Gasteiger partial charge on any atom is 0.191 e. The van der Waals surface area contributed by atoms with E-state index in [0.717, 1.165) is 64.6 Å². The Labute approximate surface area is 161 Å². The van der Waals surface area contributed by atoms with E-state index in [1.165, 1.54) is 18.4 Å². The van der Waals surface area contributed by atoms with Gasteiger partial charge in [0.05, 0.1) is 12.7 Å². The summed E-state index contributed by atoms with van der Waals surface area (Å²) in [6.07, 6.45) is 6.88. The van der Waals surface area contributed by atoms with Crippen LogP contribution in [-0.2, 0) is 14.9 Å². The van der Waals surface area contributed by atoms with Crippen LogP contribution in [0.15, 0.2) is 29.3 Å². The predicted octanol–water partition coefficient (Wildman–Crippen LogP) is 3.00. The predicted molar refractivity (Wildman–Crippen MR) is 106 cm³/mol. The van der Waals surface area contributed by atoms with Gasteiger partial charge in [-0.3, -0.25) is 4.99 Å². The van der Waals surface area contributed by atoms with Crippen molar-refractivity contribution in [1.82, 2.24) is 10.6 Å². The van der Waals surface area contributed by atoms with Gasteiger partial charge in [-0.05, 0) is 43.4 Å². The topological polar surface area (TPSA) is 54.9 Å². The number of hydrogen-bond donors (Lipinski definition) is 2. The quantitative estimate of drug-likeness (QED) is 0.415. The monoisotopic (exact) mass is 377 g/mol. The summed E-state index contributed by atoms with van der Waals surface area (Å²) >= 11 is 0. The van der Waals surface area contributed by atoms with Crippen LogP contribution >= 0.6 is 0 Å². The third-order valence-corrected chi connectivity index (χ3v) is 5.69. The van der Waals surface area contributed by atoms with Crippen LogP contribution < -0.4 is 10.6 Å². The van der Waals surface area contributed by atoms with Gasteiger partial charge in [0.1, 0.15) is 5.82 Å². The van der Waals surface area contributed by atoms with E-state index in [-0.39, 0.29) is 17.3 Å². The molecule has 1 aliphatic heterocycles. The Morgan fingerprint density at radius 2 is 2.04 bits per heavy atom. The van der Waals surface area contributed by atoms with Crippen molar-refractivity contribution in [1.29, 1.82) is 0 Å². The number of ether oxygens (including phenoxy) is 2. The SMILES string of the molecule is CN=C(NCCCOC1CCOC1)NCC1(c2ccc(F)cc2)CCCC1. The number of nitrogens with zero attached hydrogens (tertiary/aromatic N) is 1. The lowest BCUT2D eigenvalue weighted by Crippen LogP contribution is -2.45. The van der Waals surface area contributed by atoms with Crippen molar-refractivity contribution >= 4 is 5.96 Å². The first kappa shape index (κ1) is 20.1. The number of guanidine groups is 1. The molecular weight excluding hydrogens is 345 g/mol. The Bertz CT molecular complexity index is 594. The van der Waals surface area contributed by atoms with Gasteiger partial charge in [0, 0.05) is 38.8 Å². The van der Waals surface area contributed by atoms with Gasteiger partial charge in [-0.25, -0.2) is 4.39 Å². The molecule has 1 heterocycles. The van der Waals surface area contributed by atoms with Gasteiger partial charge in [-0.1, -0.05) is 25.0 Å². The van der Waals surface area contributed by atoms with Crippen molar-refractivity contribution in [2.24, 2.45) is 4.99 Å². The third-order valence-electron chi connectivity index (χ3n) is 5.69. The van der Waals surface area contributed by atoms with Crippen LogP contribution in [0.3, 0.4) is 0 Å². The Morgan fingerprint density at radius 1 is 1.26 bits per heavy atom. The van der Waals surface area contributed by atoms with Crippen LogP contribution in [0.4, 0.5) is 4.39 Å². The van der Waals surface area contributed by atoms with E-state index in [9.17, 15) is 4.39 Å². The number of halogens is 1. The molecule has 6 heteroatoms. The Morgan fingerprint density at radius 3 is 2.70 bits per heavy atom. The first-order chi connectivity index (χ1) is 13.2. The van der Waals surface area contributed by atoms with Gasteiger partial charge in [0.2, 0.25) is 0 Å². The molecular formula is C21H32FN3O2. The highest BCUT2D eigenvalue weighted by molar-refractivity contribution is 5.79. The summed E-state index contributed by atoms with van der Waals surface area (Å²) in [4.78, 5) is 4.34. The molecule has 1 aromatic carbocycles.